The maximum Gasteiger partial charge on any atom is 0.236 e. The third-order valence-electron chi connectivity index (χ3n) is 6.00. The van der Waals surface area contributed by atoms with Crippen LogP contribution in [0.4, 0.5) is 0 Å². The van der Waals surface area contributed by atoms with E-state index in [0.717, 1.165) is 63.3 Å². The minimum Gasteiger partial charge on any atom is -0.492 e. The number of halogens is 1. The minimum absolute atomic E-state index is 0.151. The zero-order chi connectivity index (χ0) is 19.5. The monoisotopic (exact) mass is 405 g/mol. The molecular formula is C21H28ClN3O3. The molecule has 3 aliphatic rings. The van der Waals surface area contributed by atoms with Gasteiger partial charge >= 0.3 is 0 Å². The zero-order valence-corrected chi connectivity index (χ0v) is 17.0. The maximum atomic E-state index is 13.1. The molecule has 2 fully saturated rings. The van der Waals surface area contributed by atoms with E-state index in [4.69, 9.17) is 16.3 Å². The molecule has 1 atom stereocenters. The molecular weight excluding hydrogens is 378 g/mol. The van der Waals surface area contributed by atoms with Gasteiger partial charge in [0.05, 0.1) is 12.5 Å². The topological polar surface area (TPSA) is 53.1 Å². The summed E-state index contributed by atoms with van der Waals surface area (Å²) in [6, 6.07) is 5.58. The van der Waals surface area contributed by atoms with Crippen molar-refractivity contribution in [2.45, 2.75) is 25.7 Å². The number of nitrogens with zero attached hydrogens (tertiary/aromatic N) is 3. The molecule has 4 rings (SSSR count). The summed E-state index contributed by atoms with van der Waals surface area (Å²) >= 11 is 6.09. The summed E-state index contributed by atoms with van der Waals surface area (Å²) in [5.74, 6) is 1.05. The lowest BCUT2D eigenvalue weighted by molar-refractivity contribution is -0.136. The van der Waals surface area contributed by atoms with E-state index in [-0.39, 0.29) is 17.7 Å². The Morgan fingerprint density at radius 2 is 1.79 bits per heavy atom. The van der Waals surface area contributed by atoms with Crippen LogP contribution in [0.5, 0.6) is 5.75 Å². The largest absolute Gasteiger partial charge is 0.492 e. The van der Waals surface area contributed by atoms with Gasteiger partial charge in [-0.05, 0) is 49.4 Å². The average Bonchev–Trinajstić information content (AvgIpc) is 3.14. The van der Waals surface area contributed by atoms with Gasteiger partial charge in [-0.3, -0.25) is 14.5 Å². The molecule has 7 heteroatoms. The van der Waals surface area contributed by atoms with Crippen molar-refractivity contribution in [2.24, 2.45) is 5.92 Å². The second-order valence-corrected chi connectivity index (χ2v) is 8.44. The third-order valence-corrected chi connectivity index (χ3v) is 6.23. The third kappa shape index (κ3) is 4.44. The van der Waals surface area contributed by atoms with Crippen molar-refractivity contribution in [1.29, 1.82) is 0 Å². The lowest BCUT2D eigenvalue weighted by atomic mass is 9.95. The first-order valence-electron chi connectivity index (χ1n) is 10.3. The van der Waals surface area contributed by atoms with Crippen LogP contribution < -0.4 is 4.74 Å². The van der Waals surface area contributed by atoms with Crippen LogP contribution in [0, 0.1) is 5.92 Å². The van der Waals surface area contributed by atoms with E-state index in [9.17, 15) is 9.59 Å². The molecule has 3 aliphatic heterocycles. The Morgan fingerprint density at radius 3 is 2.61 bits per heavy atom. The molecule has 2 saturated heterocycles. The molecule has 2 amide bonds. The Bertz CT molecular complexity index is 736. The molecule has 1 unspecified atom stereocenters. The molecule has 1 aromatic carbocycles. The van der Waals surface area contributed by atoms with E-state index in [0.29, 0.717) is 31.1 Å². The predicted octanol–water partition coefficient (Wildman–Crippen LogP) is 2.05. The number of hydrogen-bond donors (Lipinski definition) is 0. The van der Waals surface area contributed by atoms with Gasteiger partial charge in [0.1, 0.15) is 12.4 Å². The summed E-state index contributed by atoms with van der Waals surface area (Å²) in [6.07, 6.45) is 3.80. The highest BCUT2D eigenvalue weighted by Crippen LogP contribution is 2.30. The summed E-state index contributed by atoms with van der Waals surface area (Å²) in [5.41, 5.74) is 1.00. The quantitative estimate of drug-likeness (QED) is 0.772. The van der Waals surface area contributed by atoms with Crippen molar-refractivity contribution in [1.82, 2.24) is 14.7 Å². The molecule has 1 aromatic rings. The molecule has 0 spiro atoms. The smallest absolute Gasteiger partial charge is 0.236 e. The van der Waals surface area contributed by atoms with Gasteiger partial charge in [-0.15, -0.1) is 0 Å². The van der Waals surface area contributed by atoms with Crippen molar-refractivity contribution in [3.05, 3.63) is 28.8 Å². The molecule has 0 N–H and O–H groups in total. The number of fused-ring (bicyclic) bond motifs is 1. The molecule has 0 saturated carbocycles. The Kier molecular flexibility index (Phi) is 6.07. The van der Waals surface area contributed by atoms with Gasteiger partial charge < -0.3 is 14.5 Å². The Morgan fingerprint density at radius 1 is 1.00 bits per heavy atom. The van der Waals surface area contributed by atoms with Crippen LogP contribution in [0.1, 0.15) is 24.8 Å². The Hall–Kier alpha value is -1.79. The van der Waals surface area contributed by atoms with Gasteiger partial charge in [0.15, 0.2) is 0 Å². The van der Waals surface area contributed by atoms with E-state index in [1.807, 2.05) is 28.0 Å². The number of carbonyl (C=O) groups is 2. The molecule has 0 aliphatic carbocycles. The summed E-state index contributed by atoms with van der Waals surface area (Å²) in [6.45, 7) is 5.71. The van der Waals surface area contributed by atoms with Crippen molar-refractivity contribution in [3.8, 4) is 5.75 Å². The van der Waals surface area contributed by atoms with Crippen LogP contribution in [0.15, 0.2) is 18.2 Å². The van der Waals surface area contributed by atoms with Crippen LogP contribution in [0.3, 0.4) is 0 Å². The number of benzene rings is 1. The van der Waals surface area contributed by atoms with Gasteiger partial charge in [-0.1, -0.05) is 11.6 Å². The second kappa shape index (κ2) is 8.70. The lowest BCUT2D eigenvalue weighted by Crippen LogP contribution is -2.43. The number of rotatable bonds is 3. The van der Waals surface area contributed by atoms with Crippen molar-refractivity contribution >= 4 is 23.4 Å². The van der Waals surface area contributed by atoms with Gasteiger partial charge in [0.2, 0.25) is 11.8 Å². The van der Waals surface area contributed by atoms with Crippen LogP contribution in [-0.4, -0.2) is 78.9 Å². The molecule has 0 aromatic heterocycles. The Balaban J connectivity index is 1.31. The molecule has 28 heavy (non-hydrogen) atoms. The van der Waals surface area contributed by atoms with Gasteiger partial charge in [-0.25, -0.2) is 0 Å². The highest BCUT2D eigenvalue weighted by Gasteiger charge is 2.31. The fourth-order valence-corrected chi connectivity index (χ4v) is 4.58. The fraction of sp³-hybridized carbons (Fsp3) is 0.619. The molecule has 0 bridgehead atoms. The highest BCUT2D eigenvalue weighted by atomic mass is 35.5. The van der Waals surface area contributed by atoms with Crippen LogP contribution in [0.2, 0.25) is 5.02 Å². The van der Waals surface area contributed by atoms with Crippen molar-refractivity contribution < 1.29 is 14.3 Å². The molecule has 0 radical (unpaired) electrons. The fourth-order valence-electron chi connectivity index (χ4n) is 4.39. The number of amides is 2. The van der Waals surface area contributed by atoms with Crippen molar-refractivity contribution in [3.63, 3.8) is 0 Å². The number of ether oxygens (including phenoxy) is 1. The summed E-state index contributed by atoms with van der Waals surface area (Å²) < 4.78 is 5.80. The standard InChI is InChI=1S/C21H28ClN3O3/c22-18-4-5-19-16(13-18)12-17(15-28-19)21(27)25-9-3-6-23(10-11-25)14-20(26)24-7-1-2-8-24/h4-5,13,17H,1-3,6-12,14-15H2. The molecule has 3 heterocycles. The van der Waals surface area contributed by atoms with E-state index >= 15 is 0 Å². The first-order chi connectivity index (χ1) is 13.6. The first-order valence-corrected chi connectivity index (χ1v) is 10.7. The van der Waals surface area contributed by atoms with Crippen LogP contribution in [-0.2, 0) is 16.0 Å². The molecule has 6 nitrogen and oxygen atoms in total. The van der Waals surface area contributed by atoms with E-state index < -0.39 is 0 Å². The minimum atomic E-state index is -0.163. The number of hydrogen-bond acceptors (Lipinski definition) is 4. The summed E-state index contributed by atoms with van der Waals surface area (Å²) in [7, 11) is 0. The molecule has 152 valence electrons. The number of carbonyl (C=O) groups excluding carboxylic acids is 2. The maximum absolute atomic E-state index is 13.1. The zero-order valence-electron chi connectivity index (χ0n) is 16.2. The highest BCUT2D eigenvalue weighted by molar-refractivity contribution is 6.30. The second-order valence-electron chi connectivity index (χ2n) is 8.01. The van der Waals surface area contributed by atoms with E-state index in [2.05, 4.69) is 4.90 Å². The first kappa shape index (κ1) is 19.5. The summed E-state index contributed by atoms with van der Waals surface area (Å²) in [5, 5.41) is 0.670. The van der Waals surface area contributed by atoms with E-state index in [1.54, 1.807) is 0 Å². The average molecular weight is 406 g/mol. The van der Waals surface area contributed by atoms with Crippen LogP contribution in [0.25, 0.3) is 0 Å². The normalized spacial score (nSPS) is 23.1. The predicted molar refractivity (Wildman–Crippen MR) is 108 cm³/mol. The van der Waals surface area contributed by atoms with E-state index in [1.165, 1.54) is 0 Å². The van der Waals surface area contributed by atoms with Gasteiger partial charge in [-0.2, -0.15) is 0 Å². The van der Waals surface area contributed by atoms with Gasteiger partial charge in [0, 0.05) is 44.3 Å². The van der Waals surface area contributed by atoms with Crippen molar-refractivity contribution in [2.75, 3.05) is 52.4 Å². The lowest BCUT2D eigenvalue weighted by Gasteiger charge is -2.30. The SMILES string of the molecule is O=C(CN1CCCN(C(=O)C2COc3ccc(Cl)cc3C2)CC1)N1CCCC1. The Labute approximate surface area is 171 Å². The van der Waals surface area contributed by atoms with Crippen LogP contribution >= 0.6 is 11.6 Å². The van der Waals surface area contributed by atoms with Gasteiger partial charge in [0.25, 0.3) is 0 Å². The summed E-state index contributed by atoms with van der Waals surface area (Å²) in [4.78, 5) is 31.6. The number of likely N-dealkylation sites (tertiary alicyclic amines) is 1.